The third-order valence-corrected chi connectivity index (χ3v) is 6.99. The van der Waals surface area contributed by atoms with Crippen molar-refractivity contribution in [2.75, 3.05) is 25.1 Å². The zero-order valence-corrected chi connectivity index (χ0v) is 21.5. The van der Waals surface area contributed by atoms with Gasteiger partial charge in [-0.05, 0) is 50.5 Å². The van der Waals surface area contributed by atoms with E-state index in [1.807, 2.05) is 39.7 Å². The molecule has 1 aliphatic heterocycles. The quantitative estimate of drug-likeness (QED) is 0.310. The number of rotatable bonds is 6. The van der Waals surface area contributed by atoms with Crippen LogP contribution in [0, 0.1) is 0 Å². The van der Waals surface area contributed by atoms with Gasteiger partial charge in [0.15, 0.2) is 5.82 Å². The van der Waals surface area contributed by atoms with Crippen LogP contribution >= 0.6 is 0 Å². The molecule has 0 aliphatic carbocycles. The largest absolute Gasteiger partial charge is 0.380 e. The summed E-state index contributed by atoms with van der Waals surface area (Å²) in [5.74, 6) is 1.49. The summed E-state index contributed by atoms with van der Waals surface area (Å²) in [7, 11) is 1.79. The Morgan fingerprint density at radius 2 is 1.81 bits per heavy atom. The second kappa shape index (κ2) is 9.78. The van der Waals surface area contributed by atoms with Crippen LogP contribution in [-0.2, 0) is 4.74 Å². The molecule has 37 heavy (non-hydrogen) atoms. The van der Waals surface area contributed by atoms with Crippen molar-refractivity contribution in [1.29, 1.82) is 0 Å². The van der Waals surface area contributed by atoms with E-state index >= 15 is 0 Å². The minimum Gasteiger partial charge on any atom is -0.380 e. The van der Waals surface area contributed by atoms with Gasteiger partial charge in [-0.3, -0.25) is 9.67 Å². The topological polar surface area (TPSA) is 73.4 Å². The molecular formula is C29H31N7O. The SMILES string of the molecule is CO[C@@H]1CCCN(c2nc(-c3ccccn3)nn3cc(-c4ccn(C(C)C)n4)c(-c4ccccc4)c23)C1. The number of ether oxygens (including phenoxy) is 1. The number of anilines is 1. The number of benzene rings is 1. The smallest absolute Gasteiger partial charge is 0.200 e. The van der Waals surface area contributed by atoms with Crippen LogP contribution < -0.4 is 4.90 Å². The molecule has 1 atom stereocenters. The van der Waals surface area contributed by atoms with Crippen molar-refractivity contribution in [3.63, 3.8) is 0 Å². The molecule has 0 bridgehead atoms. The van der Waals surface area contributed by atoms with Gasteiger partial charge in [-0.2, -0.15) is 5.10 Å². The lowest BCUT2D eigenvalue weighted by Crippen LogP contribution is -2.40. The number of nitrogens with zero attached hydrogens (tertiary/aromatic N) is 7. The summed E-state index contributed by atoms with van der Waals surface area (Å²) in [5, 5.41) is 9.88. The molecule has 0 spiro atoms. The molecular weight excluding hydrogens is 462 g/mol. The summed E-state index contributed by atoms with van der Waals surface area (Å²) in [6.45, 7) is 5.96. The molecule has 0 radical (unpaired) electrons. The standard InChI is InChI=1S/C29H31N7O/c1-20(2)35-17-14-24(32-35)23-19-36-27(26(23)21-10-5-4-6-11-21)29(34-16-9-12-22(18-34)37-3)31-28(33-36)25-13-7-8-15-30-25/h4-8,10-11,13-15,17,19-20,22H,9,12,16,18H2,1-3H3/t22-/m1/s1. The van der Waals surface area contributed by atoms with Gasteiger partial charge in [0.25, 0.3) is 0 Å². The highest BCUT2D eigenvalue weighted by Crippen LogP contribution is 2.41. The fourth-order valence-corrected chi connectivity index (χ4v) is 5.07. The molecule has 4 aromatic heterocycles. The summed E-state index contributed by atoms with van der Waals surface area (Å²) < 4.78 is 9.73. The lowest BCUT2D eigenvalue weighted by atomic mass is 10.00. The zero-order valence-electron chi connectivity index (χ0n) is 21.5. The summed E-state index contributed by atoms with van der Waals surface area (Å²) in [6, 6.07) is 18.6. The van der Waals surface area contributed by atoms with Gasteiger partial charge >= 0.3 is 0 Å². The maximum absolute atomic E-state index is 5.77. The molecule has 1 fully saturated rings. The Morgan fingerprint density at radius 3 is 2.54 bits per heavy atom. The minimum atomic E-state index is 0.165. The van der Waals surface area contributed by atoms with Crippen molar-refractivity contribution in [2.24, 2.45) is 0 Å². The van der Waals surface area contributed by atoms with Gasteiger partial charge in [0.1, 0.15) is 11.2 Å². The van der Waals surface area contributed by atoms with Crippen LogP contribution in [0.1, 0.15) is 32.7 Å². The molecule has 8 nitrogen and oxygen atoms in total. The van der Waals surface area contributed by atoms with E-state index in [9.17, 15) is 0 Å². The number of methoxy groups -OCH3 is 1. The summed E-state index contributed by atoms with van der Waals surface area (Å²) >= 11 is 0. The highest BCUT2D eigenvalue weighted by atomic mass is 16.5. The third kappa shape index (κ3) is 4.38. The van der Waals surface area contributed by atoms with E-state index in [0.29, 0.717) is 5.82 Å². The van der Waals surface area contributed by atoms with Crippen molar-refractivity contribution in [2.45, 2.75) is 38.8 Å². The predicted molar refractivity (Wildman–Crippen MR) is 146 cm³/mol. The van der Waals surface area contributed by atoms with Crippen molar-refractivity contribution in [3.05, 3.63) is 73.2 Å². The highest BCUT2D eigenvalue weighted by Gasteiger charge is 2.28. The van der Waals surface area contributed by atoms with Crippen LogP contribution in [0.15, 0.2) is 73.2 Å². The number of hydrogen-bond donors (Lipinski definition) is 0. The fourth-order valence-electron chi connectivity index (χ4n) is 5.07. The van der Waals surface area contributed by atoms with E-state index in [-0.39, 0.29) is 12.1 Å². The normalized spacial score (nSPS) is 16.1. The maximum atomic E-state index is 5.77. The first-order valence-electron chi connectivity index (χ1n) is 12.9. The van der Waals surface area contributed by atoms with E-state index in [1.165, 1.54) is 0 Å². The Kier molecular flexibility index (Phi) is 6.18. The molecule has 1 aromatic carbocycles. The van der Waals surface area contributed by atoms with Crippen LogP contribution in [0.2, 0.25) is 0 Å². The van der Waals surface area contributed by atoms with Gasteiger partial charge in [-0.15, -0.1) is 5.10 Å². The van der Waals surface area contributed by atoms with Crippen LogP contribution in [0.4, 0.5) is 5.82 Å². The third-order valence-electron chi connectivity index (χ3n) is 6.99. The Bertz CT molecular complexity index is 1510. The van der Waals surface area contributed by atoms with Crippen LogP contribution in [-0.4, -0.2) is 55.7 Å². The summed E-state index contributed by atoms with van der Waals surface area (Å²) in [4.78, 5) is 12.0. The van der Waals surface area contributed by atoms with Gasteiger partial charge in [-0.25, -0.2) is 9.50 Å². The Labute approximate surface area is 216 Å². The number of pyridine rings is 1. The molecule has 1 aliphatic rings. The fraction of sp³-hybridized carbons (Fsp3) is 0.310. The minimum absolute atomic E-state index is 0.165. The predicted octanol–water partition coefficient (Wildman–Crippen LogP) is 5.52. The second-order valence-corrected chi connectivity index (χ2v) is 9.77. The van der Waals surface area contributed by atoms with Crippen molar-refractivity contribution in [3.8, 4) is 33.9 Å². The molecule has 0 unspecified atom stereocenters. The van der Waals surface area contributed by atoms with Gasteiger partial charge in [-0.1, -0.05) is 36.4 Å². The Morgan fingerprint density at radius 1 is 0.973 bits per heavy atom. The molecule has 188 valence electrons. The molecule has 0 saturated carbocycles. The van der Waals surface area contributed by atoms with Crippen molar-refractivity contribution in [1.82, 2.24) is 29.4 Å². The zero-order chi connectivity index (χ0) is 25.4. The number of piperidine rings is 1. The van der Waals surface area contributed by atoms with Crippen molar-refractivity contribution >= 4 is 11.3 Å². The molecule has 5 aromatic rings. The first-order chi connectivity index (χ1) is 18.1. The van der Waals surface area contributed by atoms with Gasteiger partial charge < -0.3 is 9.64 Å². The van der Waals surface area contributed by atoms with Gasteiger partial charge in [0.2, 0.25) is 5.82 Å². The molecule has 0 N–H and O–H groups in total. The molecule has 5 heterocycles. The van der Waals surface area contributed by atoms with E-state index < -0.39 is 0 Å². The van der Waals surface area contributed by atoms with E-state index in [2.05, 4.69) is 60.3 Å². The number of hydrogen-bond acceptors (Lipinski definition) is 6. The number of aromatic nitrogens is 6. The Balaban J connectivity index is 1.64. The van der Waals surface area contributed by atoms with Gasteiger partial charge in [0, 0.05) is 56.0 Å². The summed E-state index contributed by atoms with van der Waals surface area (Å²) in [5.41, 5.74) is 5.84. The van der Waals surface area contributed by atoms with Crippen LogP contribution in [0.5, 0.6) is 0 Å². The maximum Gasteiger partial charge on any atom is 0.200 e. The highest BCUT2D eigenvalue weighted by molar-refractivity contribution is 5.98. The van der Waals surface area contributed by atoms with E-state index in [1.54, 1.807) is 13.3 Å². The average Bonchev–Trinajstić information content (AvgIpc) is 3.59. The second-order valence-electron chi connectivity index (χ2n) is 9.77. The lowest BCUT2D eigenvalue weighted by Gasteiger charge is -2.33. The molecule has 8 heteroatoms. The van der Waals surface area contributed by atoms with Crippen LogP contribution in [0.3, 0.4) is 0 Å². The molecule has 1 saturated heterocycles. The Hall–Kier alpha value is -4.04. The number of fused-ring (bicyclic) bond motifs is 1. The van der Waals surface area contributed by atoms with E-state index in [0.717, 1.165) is 65.3 Å². The first-order valence-corrected chi connectivity index (χ1v) is 12.9. The average molecular weight is 494 g/mol. The van der Waals surface area contributed by atoms with Crippen LogP contribution in [0.25, 0.3) is 39.4 Å². The monoisotopic (exact) mass is 493 g/mol. The van der Waals surface area contributed by atoms with E-state index in [4.69, 9.17) is 19.9 Å². The first kappa shape index (κ1) is 23.4. The lowest BCUT2D eigenvalue weighted by molar-refractivity contribution is 0.0892. The molecule has 6 rings (SSSR count). The van der Waals surface area contributed by atoms with Gasteiger partial charge in [0.05, 0.1) is 11.8 Å². The molecule has 0 amide bonds. The van der Waals surface area contributed by atoms with Crippen molar-refractivity contribution < 1.29 is 4.74 Å². The summed E-state index contributed by atoms with van der Waals surface area (Å²) in [6.07, 6.45) is 8.15.